The number of nitrogens with zero attached hydrogens (tertiary/aromatic N) is 4. The zero-order valence-electron chi connectivity index (χ0n) is 24.3. The second kappa shape index (κ2) is 12.2. The molecule has 15 heteroatoms. The number of carbonyl (C=O) groups excluding carboxylic acids is 1. The van der Waals surface area contributed by atoms with Crippen LogP contribution in [0.1, 0.15) is 43.8 Å². The van der Waals surface area contributed by atoms with E-state index in [1.54, 1.807) is 12.3 Å². The molecule has 0 aliphatic carbocycles. The van der Waals surface area contributed by atoms with Crippen LogP contribution in [0.3, 0.4) is 0 Å². The number of fused-ring (bicyclic) bond motifs is 1. The molecule has 2 fully saturated rings. The Bertz CT molecular complexity index is 1480. The number of aromatic nitrogens is 1. The second-order valence-electron chi connectivity index (χ2n) is 11.6. The van der Waals surface area contributed by atoms with Crippen molar-refractivity contribution in [3.8, 4) is 0 Å². The van der Waals surface area contributed by atoms with Gasteiger partial charge in [-0.15, -0.1) is 11.3 Å². The SMILES string of the molecule is CCOC(=O)C1=C(CN2CC(F)(F)[C@H]3[C@@H]2CCN3C[C@@H](O)C(C)(C)C(=O)O)NC(c2nccs2)=N[C@@H]1c1cccc(F)c1F. The lowest BCUT2D eigenvalue weighted by Crippen LogP contribution is -2.51. The van der Waals surface area contributed by atoms with Gasteiger partial charge in [0.2, 0.25) is 0 Å². The molecule has 2 saturated heterocycles. The van der Waals surface area contributed by atoms with Crippen molar-refractivity contribution >= 4 is 29.1 Å². The number of benzene rings is 1. The van der Waals surface area contributed by atoms with Crippen molar-refractivity contribution in [2.24, 2.45) is 10.4 Å². The molecule has 0 unspecified atom stereocenters. The molecule has 1 aromatic heterocycles. The number of carboxylic acid groups (broad SMARTS) is 1. The quantitative estimate of drug-likeness (QED) is 0.265. The Morgan fingerprint density at radius 1 is 1.27 bits per heavy atom. The van der Waals surface area contributed by atoms with Gasteiger partial charge in [-0.2, -0.15) is 0 Å². The summed E-state index contributed by atoms with van der Waals surface area (Å²) in [5, 5.41) is 25.2. The summed E-state index contributed by atoms with van der Waals surface area (Å²) < 4.78 is 66.1. The molecule has 1 aromatic carbocycles. The third-order valence-corrected chi connectivity index (χ3v) is 9.25. The van der Waals surface area contributed by atoms with Crippen LogP contribution < -0.4 is 5.32 Å². The first-order chi connectivity index (χ1) is 20.8. The van der Waals surface area contributed by atoms with Crippen molar-refractivity contribution in [3.05, 3.63) is 63.3 Å². The summed E-state index contributed by atoms with van der Waals surface area (Å²) in [6.07, 6.45) is 0.406. The van der Waals surface area contributed by atoms with E-state index in [1.165, 1.54) is 53.3 Å². The number of carbonyl (C=O) groups is 2. The Morgan fingerprint density at radius 2 is 2.02 bits per heavy atom. The number of aliphatic hydroxyl groups excluding tert-OH is 1. The molecule has 10 nitrogen and oxygen atoms in total. The highest BCUT2D eigenvalue weighted by atomic mass is 32.1. The Labute approximate surface area is 255 Å². The van der Waals surface area contributed by atoms with Gasteiger partial charge in [0.15, 0.2) is 22.5 Å². The largest absolute Gasteiger partial charge is 0.481 e. The van der Waals surface area contributed by atoms with E-state index in [0.717, 1.165) is 6.07 Å². The van der Waals surface area contributed by atoms with Gasteiger partial charge in [-0.25, -0.2) is 27.3 Å². The normalized spacial score (nSPS) is 24.5. The third-order valence-electron chi connectivity index (χ3n) is 8.47. The van der Waals surface area contributed by atoms with Gasteiger partial charge >= 0.3 is 11.9 Å². The van der Waals surface area contributed by atoms with Gasteiger partial charge in [0.25, 0.3) is 5.92 Å². The molecule has 4 heterocycles. The van der Waals surface area contributed by atoms with Crippen molar-refractivity contribution in [2.45, 2.75) is 57.3 Å². The van der Waals surface area contributed by atoms with Gasteiger partial charge in [-0.1, -0.05) is 12.1 Å². The lowest BCUT2D eigenvalue weighted by Gasteiger charge is -2.34. The fourth-order valence-electron chi connectivity index (χ4n) is 6.00. The predicted molar refractivity (Wildman–Crippen MR) is 152 cm³/mol. The fourth-order valence-corrected chi connectivity index (χ4v) is 6.59. The minimum atomic E-state index is -3.24. The number of aliphatic imine (C=N–C) groups is 1. The molecule has 3 N–H and O–H groups in total. The first-order valence-corrected chi connectivity index (χ1v) is 15.0. The summed E-state index contributed by atoms with van der Waals surface area (Å²) in [5.74, 6) is -7.53. The second-order valence-corrected chi connectivity index (χ2v) is 12.5. The van der Waals surface area contributed by atoms with E-state index in [0.29, 0.717) is 5.01 Å². The highest BCUT2D eigenvalue weighted by Gasteiger charge is 2.60. The van der Waals surface area contributed by atoms with Crippen LogP contribution in [0.4, 0.5) is 17.6 Å². The van der Waals surface area contributed by atoms with Crippen molar-refractivity contribution < 1.29 is 42.1 Å². The Morgan fingerprint density at radius 3 is 2.68 bits per heavy atom. The van der Waals surface area contributed by atoms with E-state index in [1.807, 2.05) is 0 Å². The molecular formula is C29H33F4N5O5S. The molecule has 5 rings (SSSR count). The van der Waals surface area contributed by atoms with Gasteiger partial charge in [0.1, 0.15) is 6.04 Å². The number of hydrogen-bond acceptors (Lipinski definition) is 10. The third kappa shape index (κ3) is 5.85. The van der Waals surface area contributed by atoms with Gasteiger partial charge in [-0.3, -0.25) is 19.6 Å². The number of halogens is 4. The minimum Gasteiger partial charge on any atom is -0.481 e. The molecule has 0 radical (unpaired) electrons. The maximum Gasteiger partial charge on any atom is 0.338 e. The molecule has 0 spiro atoms. The van der Waals surface area contributed by atoms with Crippen LogP contribution in [0.25, 0.3) is 0 Å². The lowest BCUT2D eigenvalue weighted by molar-refractivity contribution is -0.155. The first kappa shape index (κ1) is 32.0. The number of amidine groups is 1. The van der Waals surface area contributed by atoms with Crippen LogP contribution in [0.15, 0.2) is 46.0 Å². The number of ether oxygens (including phenoxy) is 1. The summed E-state index contributed by atoms with van der Waals surface area (Å²) in [7, 11) is 0. The minimum absolute atomic E-state index is 0.0342. The van der Waals surface area contributed by atoms with Crippen LogP contribution in [0.2, 0.25) is 0 Å². The molecule has 3 aliphatic heterocycles. The monoisotopic (exact) mass is 639 g/mol. The molecule has 0 amide bonds. The number of β-amino-alcohol motifs (C(OH)–C–C–N with tert-alkyl or cyclic N) is 1. The zero-order chi connectivity index (χ0) is 32.0. The van der Waals surface area contributed by atoms with Gasteiger partial charge in [0.05, 0.1) is 36.3 Å². The number of nitrogens with one attached hydrogen (secondary N) is 1. The average molecular weight is 640 g/mol. The van der Waals surface area contributed by atoms with Crippen LogP contribution in [-0.4, -0.2) is 99.7 Å². The molecule has 4 atom stereocenters. The van der Waals surface area contributed by atoms with Crippen molar-refractivity contribution in [1.82, 2.24) is 20.1 Å². The number of carboxylic acids is 1. The van der Waals surface area contributed by atoms with Crippen molar-refractivity contribution in [2.75, 3.05) is 32.8 Å². The summed E-state index contributed by atoms with van der Waals surface area (Å²) in [6.45, 7) is 3.24. The Hall–Kier alpha value is -3.40. The van der Waals surface area contributed by atoms with Crippen molar-refractivity contribution in [1.29, 1.82) is 0 Å². The highest BCUT2D eigenvalue weighted by Crippen LogP contribution is 2.43. The topological polar surface area (TPSA) is 128 Å². The van der Waals surface area contributed by atoms with E-state index in [9.17, 15) is 24.2 Å². The van der Waals surface area contributed by atoms with Gasteiger partial charge in [-0.05, 0) is 33.3 Å². The molecule has 238 valence electrons. The molecule has 0 bridgehead atoms. The summed E-state index contributed by atoms with van der Waals surface area (Å²) in [6, 6.07) is 0.136. The average Bonchev–Trinajstić information content (AvgIpc) is 3.69. The number of hydrogen-bond donors (Lipinski definition) is 3. The van der Waals surface area contributed by atoms with E-state index < -0.39 is 65.7 Å². The van der Waals surface area contributed by atoms with Crippen molar-refractivity contribution in [3.63, 3.8) is 0 Å². The smallest absolute Gasteiger partial charge is 0.338 e. The van der Waals surface area contributed by atoms with Gasteiger partial charge in [0, 0.05) is 48.5 Å². The molecule has 3 aliphatic rings. The Kier molecular flexibility index (Phi) is 8.86. The van der Waals surface area contributed by atoms with Crippen LogP contribution in [0.5, 0.6) is 0 Å². The predicted octanol–water partition coefficient (Wildman–Crippen LogP) is 3.20. The summed E-state index contributed by atoms with van der Waals surface area (Å²) >= 11 is 1.21. The number of aliphatic hydroxyl groups is 1. The molecule has 2 aromatic rings. The molecule has 44 heavy (non-hydrogen) atoms. The van der Waals surface area contributed by atoms with E-state index in [4.69, 9.17) is 4.74 Å². The summed E-state index contributed by atoms with van der Waals surface area (Å²) in [5.41, 5.74) is -1.78. The standard InChI is InChI=1S/C29H33F4N5O5S/c1-4-43-26(40)20-17(35-24(25-34-9-11-44-25)36-22(20)15-6-5-7-16(30)21(15)31)12-38-14-29(32,33)23-18(38)8-10-37(23)13-19(39)28(2,3)27(41)42/h5-7,9,11,18-19,22-23,39H,4,8,10,12-14H2,1-3H3,(H,35,36)(H,41,42)/t18-,19+,22+,23+/m0/s1. The molecule has 0 saturated carbocycles. The number of aliphatic carboxylic acids is 1. The van der Waals surface area contributed by atoms with E-state index in [2.05, 4.69) is 15.3 Å². The molecular weight excluding hydrogens is 606 g/mol. The number of esters is 1. The number of thiazole rings is 1. The van der Waals surface area contributed by atoms with Gasteiger partial charge < -0.3 is 20.3 Å². The van der Waals surface area contributed by atoms with E-state index >= 15 is 13.2 Å². The van der Waals surface area contributed by atoms with Crippen LogP contribution in [0, 0.1) is 17.0 Å². The fraction of sp³-hybridized carbons (Fsp3) is 0.517. The number of alkyl halides is 2. The number of likely N-dealkylation sites (tertiary alicyclic amines) is 2. The van der Waals surface area contributed by atoms with Crippen LogP contribution >= 0.6 is 11.3 Å². The lowest BCUT2D eigenvalue weighted by atomic mass is 9.86. The summed E-state index contributed by atoms with van der Waals surface area (Å²) in [4.78, 5) is 36.7. The zero-order valence-corrected chi connectivity index (χ0v) is 25.1. The highest BCUT2D eigenvalue weighted by molar-refractivity contribution is 7.11. The number of rotatable bonds is 10. The first-order valence-electron chi connectivity index (χ1n) is 14.1. The maximum absolute atomic E-state index is 15.6. The Balaban J connectivity index is 1.51. The van der Waals surface area contributed by atoms with Crippen LogP contribution in [-0.2, 0) is 14.3 Å². The van der Waals surface area contributed by atoms with E-state index in [-0.39, 0.29) is 55.3 Å². The maximum atomic E-state index is 15.6.